The Bertz CT molecular complexity index is 1490. The lowest BCUT2D eigenvalue weighted by molar-refractivity contribution is -0.138. The molecule has 0 aromatic heterocycles. The van der Waals surface area contributed by atoms with Crippen LogP contribution >= 0.6 is 12.6 Å². The van der Waals surface area contributed by atoms with E-state index in [0.717, 1.165) is 16.0 Å². The molecule has 0 aliphatic heterocycles. The van der Waals surface area contributed by atoms with Crippen LogP contribution in [-0.4, -0.2) is 57.2 Å². The van der Waals surface area contributed by atoms with Crippen LogP contribution in [0.15, 0.2) is 70.1 Å². The molecule has 0 radical (unpaired) electrons. The first kappa shape index (κ1) is 38.0. The van der Waals surface area contributed by atoms with Crippen LogP contribution in [0.1, 0.15) is 66.5 Å². The number of aryl methyl sites for hydroxylation is 1. The number of sulfonamides is 1. The number of benzene rings is 2. The van der Waals surface area contributed by atoms with Crippen LogP contribution in [0.25, 0.3) is 0 Å². The van der Waals surface area contributed by atoms with Crippen molar-refractivity contribution in [3.63, 3.8) is 0 Å². The Hall–Kier alpha value is -3.15. The lowest BCUT2D eigenvalue weighted by Crippen LogP contribution is -2.60. The molecule has 0 saturated heterocycles. The summed E-state index contributed by atoms with van der Waals surface area (Å²) in [5, 5.41) is 6.14. The first-order valence-electron chi connectivity index (χ1n) is 15.0. The Kier molecular flexibility index (Phi) is 12.6. The number of carbonyl (C=O) groups is 3. The molecule has 248 valence electrons. The molecule has 3 amide bonds. The van der Waals surface area contributed by atoms with Gasteiger partial charge in [0.15, 0.2) is 0 Å². The quantitative estimate of drug-likeness (QED) is 0.243. The third-order valence-corrected chi connectivity index (χ3v) is 9.65. The Morgan fingerprint density at radius 2 is 1.40 bits per heavy atom. The molecule has 3 unspecified atom stereocenters. The number of carbonyl (C=O) groups excluding carboxylic acids is 3. The summed E-state index contributed by atoms with van der Waals surface area (Å²) in [5.74, 6) is -2.48. The predicted molar refractivity (Wildman–Crippen MR) is 182 cm³/mol. The molecule has 2 rings (SSSR count). The average Bonchev–Trinajstić information content (AvgIpc) is 2.93. The summed E-state index contributed by atoms with van der Waals surface area (Å²) in [6.07, 6.45) is 1.59. The van der Waals surface area contributed by atoms with Gasteiger partial charge < -0.3 is 15.5 Å². The molecule has 0 aliphatic carbocycles. The summed E-state index contributed by atoms with van der Waals surface area (Å²) in [6.45, 7) is 16.7. The largest absolute Gasteiger partial charge is 0.342 e. The van der Waals surface area contributed by atoms with Crippen LogP contribution in [0.5, 0.6) is 0 Å². The Labute approximate surface area is 275 Å². The van der Waals surface area contributed by atoms with Gasteiger partial charge in [-0.15, -0.1) is 12.6 Å². The number of hydrogen-bond acceptors (Lipinski definition) is 7. The number of thiol groups is 1. The number of allylic oxidation sites excluding steroid dienone is 1. The summed E-state index contributed by atoms with van der Waals surface area (Å²) in [4.78, 5) is 43.1. The monoisotopic (exact) mass is 658 g/mol. The van der Waals surface area contributed by atoms with Crippen molar-refractivity contribution in [2.75, 3.05) is 14.1 Å². The normalized spacial score (nSPS) is 14.8. The summed E-state index contributed by atoms with van der Waals surface area (Å²) in [5.41, 5.74) is 1.07. The predicted octanol–water partition coefficient (Wildman–Crippen LogP) is 4.82. The minimum absolute atomic E-state index is 0.0143. The zero-order valence-corrected chi connectivity index (χ0v) is 30.1. The molecule has 9 nitrogen and oxygen atoms in total. The number of amides is 3. The molecule has 0 spiro atoms. The summed E-state index contributed by atoms with van der Waals surface area (Å²) in [7, 11) is -0.757. The second-order valence-electron chi connectivity index (χ2n) is 13.5. The number of nitrogens with one attached hydrogen (secondary N) is 3. The fraction of sp³-hybridized carbons (Fsp3) is 0.500. The Morgan fingerprint density at radius 1 is 0.867 bits per heavy atom. The SMILES string of the molecule is CNC(C(=O)NC(C(=O)N(C)/C(=C/C(C)C(=O)NS(=O)(=O)c1ccc(C)cc1)C(C)C)C(C)(C)C)C(C)(C)c1ccc(S)cc1. The van der Waals surface area contributed by atoms with Gasteiger partial charge in [0.2, 0.25) is 17.7 Å². The number of nitrogens with zero attached hydrogens (tertiary/aromatic N) is 1. The van der Waals surface area contributed by atoms with Crippen LogP contribution in [-0.2, 0) is 29.8 Å². The Morgan fingerprint density at radius 3 is 1.87 bits per heavy atom. The minimum atomic E-state index is -4.07. The van der Waals surface area contributed by atoms with Gasteiger partial charge in [0, 0.05) is 23.1 Å². The fourth-order valence-electron chi connectivity index (χ4n) is 5.10. The molecule has 2 aromatic rings. The highest BCUT2D eigenvalue weighted by atomic mass is 32.2. The van der Waals surface area contributed by atoms with Crippen LogP contribution in [0.2, 0.25) is 0 Å². The van der Waals surface area contributed by atoms with Crippen molar-refractivity contribution in [1.29, 1.82) is 0 Å². The second kappa shape index (κ2) is 15.0. The highest BCUT2D eigenvalue weighted by molar-refractivity contribution is 7.90. The van der Waals surface area contributed by atoms with E-state index in [1.165, 1.54) is 17.0 Å². The lowest BCUT2D eigenvalue weighted by Gasteiger charge is -2.39. The van der Waals surface area contributed by atoms with Gasteiger partial charge >= 0.3 is 0 Å². The molecule has 45 heavy (non-hydrogen) atoms. The van der Waals surface area contributed by atoms with Crippen molar-refractivity contribution in [3.05, 3.63) is 71.4 Å². The molecule has 0 heterocycles. The van der Waals surface area contributed by atoms with E-state index in [1.807, 2.05) is 79.7 Å². The van der Waals surface area contributed by atoms with Crippen molar-refractivity contribution < 1.29 is 22.8 Å². The molecule has 11 heteroatoms. The van der Waals surface area contributed by atoms with Gasteiger partial charge in [-0.25, -0.2) is 13.1 Å². The minimum Gasteiger partial charge on any atom is -0.342 e. The molecular weight excluding hydrogens is 609 g/mol. The van der Waals surface area contributed by atoms with Crippen LogP contribution in [0.4, 0.5) is 0 Å². The van der Waals surface area contributed by atoms with Gasteiger partial charge in [-0.2, -0.15) is 0 Å². The number of hydrogen-bond donors (Lipinski definition) is 4. The van der Waals surface area contributed by atoms with Gasteiger partial charge in [-0.05, 0) is 62.1 Å². The van der Waals surface area contributed by atoms with Gasteiger partial charge in [-0.3, -0.25) is 14.4 Å². The van der Waals surface area contributed by atoms with Gasteiger partial charge in [0.1, 0.15) is 6.04 Å². The van der Waals surface area contributed by atoms with Crippen LogP contribution in [0, 0.1) is 24.2 Å². The Balaban J connectivity index is 2.34. The van der Waals surface area contributed by atoms with E-state index in [9.17, 15) is 22.8 Å². The number of rotatable bonds is 12. The zero-order chi connectivity index (χ0) is 34.5. The van der Waals surface area contributed by atoms with E-state index < -0.39 is 44.8 Å². The third kappa shape index (κ3) is 9.67. The molecule has 0 fully saturated rings. The average molecular weight is 659 g/mol. The zero-order valence-electron chi connectivity index (χ0n) is 28.3. The highest BCUT2D eigenvalue weighted by Gasteiger charge is 2.41. The third-order valence-electron chi connectivity index (χ3n) is 7.99. The highest BCUT2D eigenvalue weighted by Crippen LogP contribution is 2.30. The summed E-state index contributed by atoms with van der Waals surface area (Å²) in [6, 6.07) is 12.2. The maximum absolute atomic E-state index is 14.1. The van der Waals surface area contributed by atoms with Crippen molar-refractivity contribution in [2.24, 2.45) is 17.3 Å². The van der Waals surface area contributed by atoms with E-state index in [4.69, 9.17) is 0 Å². The van der Waals surface area contributed by atoms with Gasteiger partial charge in [0.05, 0.1) is 16.9 Å². The van der Waals surface area contributed by atoms with Gasteiger partial charge in [-0.1, -0.05) is 84.4 Å². The molecule has 0 bridgehead atoms. The van der Waals surface area contributed by atoms with E-state index >= 15 is 0 Å². The van der Waals surface area contributed by atoms with E-state index in [1.54, 1.807) is 39.2 Å². The van der Waals surface area contributed by atoms with Crippen molar-refractivity contribution in [2.45, 2.75) is 89.6 Å². The second-order valence-corrected chi connectivity index (χ2v) is 15.7. The number of likely N-dealkylation sites (N-methyl/N-ethyl adjacent to an activating group) is 2. The summed E-state index contributed by atoms with van der Waals surface area (Å²) < 4.78 is 27.8. The van der Waals surface area contributed by atoms with E-state index in [-0.39, 0.29) is 22.6 Å². The van der Waals surface area contributed by atoms with Gasteiger partial charge in [0.25, 0.3) is 10.0 Å². The molecule has 0 aliphatic rings. The van der Waals surface area contributed by atoms with Crippen molar-refractivity contribution in [3.8, 4) is 0 Å². The van der Waals surface area contributed by atoms with E-state index in [2.05, 4.69) is 28.0 Å². The first-order chi connectivity index (χ1) is 20.6. The van der Waals surface area contributed by atoms with Crippen molar-refractivity contribution in [1.82, 2.24) is 20.3 Å². The van der Waals surface area contributed by atoms with Crippen LogP contribution in [0.3, 0.4) is 0 Å². The molecule has 3 N–H and O–H groups in total. The van der Waals surface area contributed by atoms with Crippen molar-refractivity contribution >= 4 is 40.4 Å². The van der Waals surface area contributed by atoms with E-state index in [0.29, 0.717) is 5.70 Å². The topological polar surface area (TPSA) is 125 Å². The smallest absolute Gasteiger partial charge is 0.264 e. The summed E-state index contributed by atoms with van der Waals surface area (Å²) >= 11 is 4.37. The standard InChI is InChI=1S/C34H50N4O5S2/c1-21(2)27(20-23(4)30(39)37-45(42,43)26-18-12-22(3)13-19-26)38(11)32(41)29(33(5,6)7)36-31(40)28(35-10)34(8,9)24-14-16-25(44)17-15-24/h12-21,23,28-29,35,44H,1-11H3,(H,36,40)(H,37,39)/b27-20+. The molecule has 0 saturated carbocycles. The van der Waals surface area contributed by atoms with Crippen LogP contribution < -0.4 is 15.4 Å². The lowest BCUT2D eigenvalue weighted by atomic mass is 9.76. The molecule has 2 aromatic carbocycles. The first-order valence-corrected chi connectivity index (χ1v) is 17.0. The fourth-order valence-corrected chi connectivity index (χ4v) is 6.31. The molecular formula is C34H50N4O5S2. The maximum atomic E-state index is 14.1. The maximum Gasteiger partial charge on any atom is 0.264 e. The molecule has 3 atom stereocenters.